The lowest BCUT2D eigenvalue weighted by molar-refractivity contribution is -0.142. The summed E-state index contributed by atoms with van der Waals surface area (Å²) in [4.78, 5) is 14.0. The minimum Gasteiger partial charge on any atom is -0.372 e. The van der Waals surface area contributed by atoms with Crippen molar-refractivity contribution < 1.29 is 17.9 Å². The van der Waals surface area contributed by atoms with Crippen molar-refractivity contribution in [1.82, 2.24) is 9.62 Å². The SMILES string of the molecule is CO[C@H](C)C(=O)N1CCC[C@H](NS(=O)(=O)c2ccccc2)C1. The first-order valence-electron chi connectivity index (χ1n) is 7.33. The van der Waals surface area contributed by atoms with Crippen LogP contribution in [0.5, 0.6) is 0 Å². The molecule has 1 heterocycles. The van der Waals surface area contributed by atoms with Crippen LogP contribution in [-0.2, 0) is 19.6 Å². The molecule has 0 unspecified atom stereocenters. The maximum atomic E-state index is 12.3. The second-order valence-electron chi connectivity index (χ2n) is 5.44. The minimum absolute atomic E-state index is 0.105. The maximum Gasteiger partial charge on any atom is 0.251 e. The summed E-state index contributed by atoms with van der Waals surface area (Å²) in [6.45, 7) is 2.70. The lowest BCUT2D eigenvalue weighted by atomic mass is 10.1. The van der Waals surface area contributed by atoms with Gasteiger partial charge in [0.15, 0.2) is 0 Å². The molecule has 1 aromatic rings. The predicted molar refractivity (Wildman–Crippen MR) is 82.8 cm³/mol. The van der Waals surface area contributed by atoms with E-state index >= 15 is 0 Å². The Labute approximate surface area is 131 Å². The number of amides is 1. The van der Waals surface area contributed by atoms with Gasteiger partial charge >= 0.3 is 0 Å². The highest BCUT2D eigenvalue weighted by atomic mass is 32.2. The Morgan fingerprint density at radius 1 is 1.36 bits per heavy atom. The number of piperidine rings is 1. The van der Waals surface area contributed by atoms with Gasteiger partial charge < -0.3 is 9.64 Å². The van der Waals surface area contributed by atoms with Gasteiger partial charge in [0.25, 0.3) is 5.91 Å². The van der Waals surface area contributed by atoms with Crippen LogP contribution in [0.1, 0.15) is 19.8 Å². The van der Waals surface area contributed by atoms with E-state index < -0.39 is 16.1 Å². The lowest BCUT2D eigenvalue weighted by Crippen LogP contribution is -2.51. The van der Waals surface area contributed by atoms with Gasteiger partial charge in [-0.2, -0.15) is 0 Å². The molecule has 1 aromatic carbocycles. The molecule has 1 N–H and O–H groups in total. The molecule has 0 saturated carbocycles. The number of hydrogen-bond acceptors (Lipinski definition) is 4. The van der Waals surface area contributed by atoms with Gasteiger partial charge in [0, 0.05) is 26.2 Å². The molecule has 7 heteroatoms. The molecule has 22 heavy (non-hydrogen) atoms. The quantitative estimate of drug-likeness (QED) is 0.875. The van der Waals surface area contributed by atoms with Crippen molar-refractivity contribution in [3.63, 3.8) is 0 Å². The number of hydrogen-bond donors (Lipinski definition) is 1. The van der Waals surface area contributed by atoms with Gasteiger partial charge in [0.1, 0.15) is 6.10 Å². The third kappa shape index (κ3) is 4.06. The fourth-order valence-electron chi connectivity index (χ4n) is 2.52. The molecule has 0 aromatic heterocycles. The summed E-state index contributed by atoms with van der Waals surface area (Å²) >= 11 is 0. The van der Waals surface area contributed by atoms with Gasteiger partial charge in [-0.3, -0.25) is 4.79 Å². The standard InChI is InChI=1S/C15H22N2O4S/c1-12(21-2)15(18)17-10-6-7-13(11-17)16-22(19,20)14-8-4-3-5-9-14/h3-5,8-9,12-13,16H,6-7,10-11H2,1-2H3/t12-,13+/m1/s1. The molecule has 2 atom stereocenters. The van der Waals surface area contributed by atoms with Gasteiger partial charge in [0.05, 0.1) is 4.90 Å². The summed E-state index contributed by atoms with van der Waals surface area (Å²) in [6, 6.07) is 7.98. The Kier molecular flexibility index (Phi) is 5.55. The normalized spacial score (nSPS) is 20.6. The Morgan fingerprint density at radius 3 is 2.68 bits per heavy atom. The topological polar surface area (TPSA) is 75.7 Å². The van der Waals surface area contributed by atoms with E-state index in [0.717, 1.165) is 12.8 Å². The zero-order chi connectivity index (χ0) is 16.2. The first kappa shape index (κ1) is 16.9. The van der Waals surface area contributed by atoms with Crippen molar-refractivity contribution in [2.75, 3.05) is 20.2 Å². The van der Waals surface area contributed by atoms with E-state index in [4.69, 9.17) is 4.74 Å². The number of methoxy groups -OCH3 is 1. The van der Waals surface area contributed by atoms with E-state index in [1.807, 2.05) is 0 Å². The van der Waals surface area contributed by atoms with Crippen LogP contribution in [0.25, 0.3) is 0 Å². The van der Waals surface area contributed by atoms with Crippen LogP contribution < -0.4 is 4.72 Å². The Hall–Kier alpha value is -1.44. The highest BCUT2D eigenvalue weighted by Crippen LogP contribution is 2.15. The summed E-state index contributed by atoms with van der Waals surface area (Å²) in [5.41, 5.74) is 0. The molecular formula is C15H22N2O4S. The van der Waals surface area contributed by atoms with Gasteiger partial charge in [0.2, 0.25) is 10.0 Å². The van der Waals surface area contributed by atoms with Crippen molar-refractivity contribution >= 4 is 15.9 Å². The lowest BCUT2D eigenvalue weighted by Gasteiger charge is -2.34. The summed E-state index contributed by atoms with van der Waals surface area (Å²) in [7, 11) is -2.07. The summed E-state index contributed by atoms with van der Waals surface area (Å²) in [5, 5.41) is 0. The highest BCUT2D eigenvalue weighted by Gasteiger charge is 2.29. The fourth-order valence-corrected chi connectivity index (χ4v) is 3.80. The predicted octanol–water partition coefficient (Wildman–Crippen LogP) is 0.991. The number of nitrogens with one attached hydrogen (secondary N) is 1. The second-order valence-corrected chi connectivity index (χ2v) is 7.15. The van der Waals surface area contributed by atoms with E-state index in [1.165, 1.54) is 7.11 Å². The van der Waals surface area contributed by atoms with Crippen molar-refractivity contribution in [2.24, 2.45) is 0 Å². The molecule has 1 aliphatic rings. The first-order valence-corrected chi connectivity index (χ1v) is 8.81. The molecule has 122 valence electrons. The second kappa shape index (κ2) is 7.21. The van der Waals surface area contributed by atoms with E-state index in [1.54, 1.807) is 42.2 Å². The van der Waals surface area contributed by atoms with E-state index in [0.29, 0.717) is 13.1 Å². The molecule has 0 radical (unpaired) electrons. The van der Waals surface area contributed by atoms with Gasteiger partial charge in [-0.25, -0.2) is 13.1 Å². The smallest absolute Gasteiger partial charge is 0.251 e. The van der Waals surface area contributed by atoms with E-state index in [9.17, 15) is 13.2 Å². The van der Waals surface area contributed by atoms with Crippen LogP contribution in [0.3, 0.4) is 0 Å². The number of carbonyl (C=O) groups excluding carboxylic acids is 1. The third-order valence-corrected chi connectivity index (χ3v) is 5.35. The maximum absolute atomic E-state index is 12.3. The van der Waals surface area contributed by atoms with Crippen LogP contribution in [0, 0.1) is 0 Å². The summed E-state index contributed by atoms with van der Waals surface area (Å²) < 4.78 is 32.4. The largest absolute Gasteiger partial charge is 0.372 e. The van der Waals surface area contributed by atoms with Crippen LogP contribution >= 0.6 is 0 Å². The zero-order valence-electron chi connectivity index (χ0n) is 12.9. The molecule has 0 bridgehead atoms. The van der Waals surface area contributed by atoms with Crippen molar-refractivity contribution in [1.29, 1.82) is 0 Å². The average molecular weight is 326 g/mol. The number of benzene rings is 1. The monoisotopic (exact) mass is 326 g/mol. The molecule has 1 saturated heterocycles. The Bertz CT molecular complexity index is 603. The van der Waals surface area contributed by atoms with Crippen LogP contribution in [-0.4, -0.2) is 51.6 Å². The number of ether oxygens (including phenoxy) is 1. The first-order chi connectivity index (χ1) is 10.4. The van der Waals surface area contributed by atoms with Gasteiger partial charge in [-0.1, -0.05) is 18.2 Å². The summed E-state index contributed by atoms with van der Waals surface area (Å²) in [6.07, 6.45) is 0.978. The fraction of sp³-hybridized carbons (Fsp3) is 0.533. The number of rotatable bonds is 5. The molecule has 2 rings (SSSR count). The van der Waals surface area contributed by atoms with Crippen LogP contribution in [0.15, 0.2) is 35.2 Å². The van der Waals surface area contributed by atoms with Gasteiger partial charge in [-0.05, 0) is 31.9 Å². The molecule has 0 aliphatic carbocycles. The molecular weight excluding hydrogens is 304 g/mol. The zero-order valence-corrected chi connectivity index (χ0v) is 13.7. The van der Waals surface area contributed by atoms with Crippen LogP contribution in [0.2, 0.25) is 0 Å². The third-order valence-electron chi connectivity index (χ3n) is 3.81. The van der Waals surface area contributed by atoms with E-state index in [-0.39, 0.29) is 16.8 Å². The molecule has 1 aliphatic heterocycles. The molecule has 1 fully saturated rings. The molecule has 1 amide bonds. The van der Waals surface area contributed by atoms with Crippen LogP contribution in [0.4, 0.5) is 0 Å². The molecule has 6 nitrogen and oxygen atoms in total. The summed E-state index contributed by atoms with van der Waals surface area (Å²) in [5.74, 6) is -0.105. The number of carbonyl (C=O) groups is 1. The Balaban J connectivity index is 2.03. The van der Waals surface area contributed by atoms with Gasteiger partial charge in [-0.15, -0.1) is 0 Å². The number of nitrogens with zero attached hydrogens (tertiary/aromatic N) is 1. The molecule has 0 spiro atoms. The highest BCUT2D eigenvalue weighted by molar-refractivity contribution is 7.89. The van der Waals surface area contributed by atoms with Crippen molar-refractivity contribution in [3.8, 4) is 0 Å². The van der Waals surface area contributed by atoms with Crippen molar-refractivity contribution in [3.05, 3.63) is 30.3 Å². The number of likely N-dealkylation sites (tertiary alicyclic amines) is 1. The van der Waals surface area contributed by atoms with E-state index in [2.05, 4.69) is 4.72 Å². The minimum atomic E-state index is -3.55. The Morgan fingerprint density at radius 2 is 2.05 bits per heavy atom. The number of sulfonamides is 1. The average Bonchev–Trinajstić information content (AvgIpc) is 2.54. The van der Waals surface area contributed by atoms with Crippen molar-refractivity contribution in [2.45, 2.75) is 36.8 Å².